The maximum atomic E-state index is 12.6. The minimum Gasteiger partial charge on any atom is -0.481 e. The Morgan fingerprint density at radius 3 is 2.22 bits per heavy atom. The number of benzene rings is 2. The summed E-state index contributed by atoms with van der Waals surface area (Å²) >= 11 is 0. The lowest BCUT2D eigenvalue weighted by atomic mass is 10.1. The molecule has 0 aromatic heterocycles. The summed E-state index contributed by atoms with van der Waals surface area (Å²) < 4.78 is 5.32. The molecule has 0 fully saturated rings. The number of carbonyl (C=O) groups excluding carboxylic acids is 2. The normalized spacial score (nSPS) is 10.8. The van der Waals surface area contributed by atoms with E-state index < -0.39 is 11.9 Å². The Bertz CT molecular complexity index is 1040. The second-order valence-corrected chi connectivity index (χ2v) is 6.96. The Labute approximate surface area is 186 Å². The molecule has 166 valence electrons. The van der Waals surface area contributed by atoms with Crippen LogP contribution in [0.2, 0.25) is 0 Å². The summed E-state index contributed by atoms with van der Waals surface area (Å²) in [6, 6.07) is 12.8. The minimum absolute atomic E-state index is 0.0743. The Hall–Kier alpha value is -4.20. The lowest BCUT2D eigenvalue weighted by Gasteiger charge is -2.20. The van der Waals surface area contributed by atoms with Crippen molar-refractivity contribution in [3.05, 3.63) is 83.4 Å². The highest BCUT2D eigenvalue weighted by molar-refractivity contribution is 5.98. The summed E-state index contributed by atoms with van der Waals surface area (Å²) in [4.78, 5) is 37.2. The smallest absolute Gasteiger partial charge is 0.343 e. The molecule has 0 aliphatic heterocycles. The molecule has 0 saturated carbocycles. The van der Waals surface area contributed by atoms with Gasteiger partial charge in [0.1, 0.15) is 11.6 Å². The van der Waals surface area contributed by atoms with Gasteiger partial charge in [-0.3, -0.25) is 15.0 Å². The molecular weight excluding hydrogens is 410 g/mol. The highest BCUT2D eigenvalue weighted by Gasteiger charge is 2.15. The SMILES string of the molecule is C=CCN(CCC(=O)O)C(=O)/C(C)=C/c1ccc(C(=O)Oc2ccc(C(=N)N)cc2)cc1. The fraction of sp³-hybridized carbons (Fsp3) is 0.167. The van der Waals surface area contributed by atoms with Crippen molar-refractivity contribution in [3.63, 3.8) is 0 Å². The number of hydrogen-bond donors (Lipinski definition) is 3. The van der Waals surface area contributed by atoms with Gasteiger partial charge in [-0.1, -0.05) is 18.2 Å². The number of nitrogens with two attached hydrogens (primary N) is 1. The zero-order chi connectivity index (χ0) is 23.7. The van der Waals surface area contributed by atoms with Gasteiger partial charge in [-0.25, -0.2) is 4.79 Å². The van der Waals surface area contributed by atoms with E-state index in [4.69, 9.17) is 21.0 Å². The van der Waals surface area contributed by atoms with Crippen LogP contribution in [0.3, 0.4) is 0 Å². The molecule has 0 aliphatic carbocycles. The number of rotatable bonds is 10. The quantitative estimate of drug-likeness (QED) is 0.131. The Kier molecular flexibility index (Phi) is 8.47. The van der Waals surface area contributed by atoms with Gasteiger partial charge in [-0.15, -0.1) is 6.58 Å². The van der Waals surface area contributed by atoms with Gasteiger partial charge in [0.05, 0.1) is 12.0 Å². The van der Waals surface area contributed by atoms with Gasteiger partial charge in [-0.05, 0) is 55.0 Å². The molecule has 8 heteroatoms. The number of aliphatic carboxylic acids is 1. The first-order chi connectivity index (χ1) is 15.2. The topological polar surface area (TPSA) is 134 Å². The van der Waals surface area contributed by atoms with Crippen LogP contribution in [0.5, 0.6) is 5.75 Å². The van der Waals surface area contributed by atoms with Gasteiger partial charge in [0.25, 0.3) is 0 Å². The number of hydrogen-bond acceptors (Lipinski definition) is 5. The summed E-state index contributed by atoms with van der Waals surface area (Å²) in [5, 5.41) is 16.2. The second kappa shape index (κ2) is 11.3. The molecule has 0 atom stereocenters. The number of carboxylic acids is 1. The van der Waals surface area contributed by atoms with Crippen LogP contribution in [0.1, 0.15) is 34.8 Å². The second-order valence-electron chi connectivity index (χ2n) is 6.96. The van der Waals surface area contributed by atoms with E-state index in [1.54, 1.807) is 67.6 Å². The fourth-order valence-electron chi connectivity index (χ4n) is 2.81. The maximum Gasteiger partial charge on any atom is 0.343 e. The van der Waals surface area contributed by atoms with E-state index in [9.17, 15) is 14.4 Å². The van der Waals surface area contributed by atoms with E-state index in [2.05, 4.69) is 6.58 Å². The zero-order valence-corrected chi connectivity index (χ0v) is 17.7. The number of esters is 1. The zero-order valence-electron chi connectivity index (χ0n) is 17.7. The molecule has 0 heterocycles. The first kappa shape index (κ1) is 24.1. The molecule has 0 saturated heterocycles. The highest BCUT2D eigenvalue weighted by Crippen LogP contribution is 2.16. The Morgan fingerprint density at radius 2 is 1.69 bits per heavy atom. The van der Waals surface area contributed by atoms with Crippen molar-refractivity contribution >= 4 is 29.8 Å². The number of ether oxygens (including phenoxy) is 1. The molecule has 0 spiro atoms. The van der Waals surface area contributed by atoms with Gasteiger partial charge >= 0.3 is 11.9 Å². The molecule has 2 aromatic carbocycles. The first-order valence-electron chi connectivity index (χ1n) is 9.78. The van der Waals surface area contributed by atoms with E-state index in [1.165, 1.54) is 4.90 Å². The van der Waals surface area contributed by atoms with E-state index in [0.717, 1.165) is 0 Å². The highest BCUT2D eigenvalue weighted by atomic mass is 16.5. The molecule has 1 amide bonds. The maximum absolute atomic E-state index is 12.6. The average Bonchev–Trinajstić information content (AvgIpc) is 2.76. The van der Waals surface area contributed by atoms with Gasteiger partial charge in [0, 0.05) is 24.2 Å². The Balaban J connectivity index is 2.06. The fourth-order valence-corrected chi connectivity index (χ4v) is 2.81. The van der Waals surface area contributed by atoms with Crippen molar-refractivity contribution in [2.24, 2.45) is 5.73 Å². The molecule has 0 unspecified atom stereocenters. The lowest BCUT2D eigenvalue weighted by Crippen LogP contribution is -2.33. The third-order valence-corrected chi connectivity index (χ3v) is 4.48. The van der Waals surface area contributed by atoms with Crippen molar-refractivity contribution in [2.75, 3.05) is 13.1 Å². The minimum atomic E-state index is -0.981. The van der Waals surface area contributed by atoms with E-state index in [0.29, 0.717) is 28.0 Å². The van der Waals surface area contributed by atoms with Gasteiger partial charge in [0.2, 0.25) is 5.91 Å². The first-order valence-corrected chi connectivity index (χ1v) is 9.78. The molecule has 0 radical (unpaired) electrons. The third-order valence-electron chi connectivity index (χ3n) is 4.48. The molecule has 0 bridgehead atoms. The van der Waals surface area contributed by atoms with Crippen molar-refractivity contribution in [2.45, 2.75) is 13.3 Å². The number of amidine groups is 1. The molecule has 0 aliphatic rings. The molecular formula is C24H25N3O5. The summed E-state index contributed by atoms with van der Waals surface area (Å²) in [7, 11) is 0. The monoisotopic (exact) mass is 435 g/mol. The average molecular weight is 435 g/mol. The van der Waals surface area contributed by atoms with Crippen molar-refractivity contribution in [3.8, 4) is 5.75 Å². The van der Waals surface area contributed by atoms with Crippen LogP contribution < -0.4 is 10.5 Å². The van der Waals surface area contributed by atoms with Crippen LogP contribution in [0.15, 0.2) is 66.8 Å². The van der Waals surface area contributed by atoms with Gasteiger partial charge < -0.3 is 20.5 Å². The van der Waals surface area contributed by atoms with Crippen LogP contribution in [0, 0.1) is 5.41 Å². The van der Waals surface area contributed by atoms with Crippen LogP contribution in [-0.2, 0) is 9.59 Å². The van der Waals surface area contributed by atoms with Crippen LogP contribution >= 0.6 is 0 Å². The van der Waals surface area contributed by atoms with Crippen molar-refractivity contribution in [1.82, 2.24) is 4.90 Å². The van der Waals surface area contributed by atoms with E-state index in [1.807, 2.05) is 0 Å². The predicted molar refractivity (Wildman–Crippen MR) is 122 cm³/mol. The lowest BCUT2D eigenvalue weighted by molar-refractivity contribution is -0.138. The number of nitrogen functional groups attached to an aromatic ring is 1. The van der Waals surface area contributed by atoms with Crippen molar-refractivity contribution in [1.29, 1.82) is 5.41 Å². The van der Waals surface area contributed by atoms with E-state index in [-0.39, 0.29) is 31.3 Å². The van der Waals surface area contributed by atoms with Crippen LogP contribution in [0.25, 0.3) is 6.08 Å². The summed E-state index contributed by atoms with van der Waals surface area (Å²) in [5.41, 5.74) is 7.39. The largest absolute Gasteiger partial charge is 0.481 e. The summed E-state index contributed by atoms with van der Waals surface area (Å²) in [5.74, 6) is -1.56. The number of carboxylic acid groups (broad SMARTS) is 1. The molecule has 2 aromatic rings. The van der Waals surface area contributed by atoms with Crippen molar-refractivity contribution < 1.29 is 24.2 Å². The van der Waals surface area contributed by atoms with Gasteiger partial charge in [0.15, 0.2) is 0 Å². The standard InChI is InChI=1S/C24H25N3O5/c1-3-13-27(14-12-21(28)29)23(30)16(2)15-17-4-6-19(7-5-17)24(31)32-20-10-8-18(9-11-20)22(25)26/h3-11,15H,1,12-14H2,2H3,(H3,25,26)(H,28,29)/b16-15+. The predicted octanol–water partition coefficient (Wildman–Crippen LogP) is 3.08. The summed E-state index contributed by atoms with van der Waals surface area (Å²) in [6.07, 6.45) is 3.05. The van der Waals surface area contributed by atoms with Crippen LogP contribution in [-0.4, -0.2) is 46.8 Å². The number of amides is 1. The van der Waals surface area contributed by atoms with Crippen LogP contribution in [0.4, 0.5) is 0 Å². The molecule has 2 rings (SSSR count). The van der Waals surface area contributed by atoms with Gasteiger partial charge in [-0.2, -0.15) is 0 Å². The van der Waals surface area contributed by atoms with E-state index >= 15 is 0 Å². The molecule has 4 N–H and O–H groups in total. The molecule has 8 nitrogen and oxygen atoms in total. The number of nitrogens with zero attached hydrogens (tertiary/aromatic N) is 1. The molecule has 32 heavy (non-hydrogen) atoms. The summed E-state index contributed by atoms with van der Waals surface area (Å²) in [6.45, 7) is 5.58. The third kappa shape index (κ3) is 6.94. The Morgan fingerprint density at radius 1 is 1.09 bits per heavy atom. The number of carbonyl (C=O) groups is 3. The number of nitrogens with one attached hydrogen (secondary N) is 1.